The van der Waals surface area contributed by atoms with E-state index < -0.39 is 21.7 Å². The van der Waals surface area contributed by atoms with E-state index in [2.05, 4.69) is 204 Å². The van der Waals surface area contributed by atoms with Crippen molar-refractivity contribution in [1.82, 2.24) is 0 Å². The van der Waals surface area contributed by atoms with Crippen LogP contribution in [0.3, 0.4) is 0 Å². The second-order valence-corrected chi connectivity index (χ2v) is 25.9. The minimum absolute atomic E-state index is 0.196. The zero-order valence-corrected chi connectivity index (χ0v) is 47.8. The van der Waals surface area contributed by atoms with Crippen molar-refractivity contribution in [3.63, 3.8) is 0 Å². The van der Waals surface area contributed by atoms with Crippen LogP contribution in [0.15, 0.2) is 170 Å². The molecule has 10 rings (SSSR count). The quantitative estimate of drug-likeness (QED) is 0.113. The highest BCUT2D eigenvalue weighted by Gasteiger charge is 2.55. The molecule has 6 heteroatoms. The van der Waals surface area contributed by atoms with Crippen LogP contribution in [0.1, 0.15) is 185 Å². The molecule has 0 spiro atoms. The Bertz CT molecular complexity index is 3110. The Morgan fingerprint density at radius 1 is 0.333 bits per heavy atom. The summed E-state index contributed by atoms with van der Waals surface area (Å²) in [5.41, 5.74) is 12.9. The molecule has 6 nitrogen and oxygen atoms in total. The number of aromatic hydroxyl groups is 2. The van der Waals surface area contributed by atoms with Gasteiger partial charge in [-0.2, -0.15) is 0 Å². The van der Waals surface area contributed by atoms with Crippen molar-refractivity contribution in [2.75, 3.05) is 0 Å². The van der Waals surface area contributed by atoms with Crippen molar-refractivity contribution < 1.29 is 29.2 Å². The zero-order chi connectivity index (χ0) is 55.3. The molecule has 0 saturated carbocycles. The monoisotopic (exact) mass is 1040 g/mol. The van der Waals surface area contributed by atoms with E-state index in [1.807, 2.05) is 48.5 Å². The van der Waals surface area contributed by atoms with Crippen LogP contribution in [0, 0.1) is 0 Å². The Morgan fingerprint density at radius 3 is 0.846 bits per heavy atom. The van der Waals surface area contributed by atoms with Crippen molar-refractivity contribution in [3.8, 4) is 34.5 Å². The van der Waals surface area contributed by atoms with Gasteiger partial charge in [0.25, 0.3) is 0 Å². The molecule has 0 heterocycles. The molecule has 0 radical (unpaired) electrons. The fourth-order valence-corrected chi connectivity index (χ4v) is 12.0. The number of hydrogen-bond donors (Lipinski definition) is 2. The van der Waals surface area contributed by atoms with Gasteiger partial charge < -0.3 is 29.2 Å². The highest BCUT2D eigenvalue weighted by molar-refractivity contribution is 5.70. The molecule has 0 fully saturated rings. The topological polar surface area (TPSA) is 77.4 Å². The molecular weight excluding hydrogens is 961 g/mol. The molecule has 78 heavy (non-hydrogen) atoms. The van der Waals surface area contributed by atoms with Gasteiger partial charge in [-0.3, -0.25) is 0 Å². The summed E-state index contributed by atoms with van der Waals surface area (Å²) in [6.07, 6.45) is 0. The number of benzene rings is 8. The van der Waals surface area contributed by atoms with Gasteiger partial charge in [-0.25, -0.2) is 0 Å². The van der Waals surface area contributed by atoms with E-state index in [-0.39, 0.29) is 23.7 Å². The fourth-order valence-electron chi connectivity index (χ4n) is 12.0. The Morgan fingerprint density at radius 2 is 0.590 bits per heavy atom. The summed E-state index contributed by atoms with van der Waals surface area (Å²) in [6.45, 7) is 27.7. The largest absolute Gasteiger partial charge is 0.507 e. The molecule has 2 aliphatic rings. The highest BCUT2D eigenvalue weighted by atomic mass is 16.5. The van der Waals surface area contributed by atoms with Crippen molar-refractivity contribution in [1.29, 1.82) is 0 Å². The fraction of sp³-hybridized carbons (Fsp3) is 0.333. The van der Waals surface area contributed by atoms with Crippen molar-refractivity contribution in [3.05, 3.63) is 248 Å². The predicted molar refractivity (Wildman–Crippen MR) is 316 cm³/mol. The first-order valence-corrected chi connectivity index (χ1v) is 27.8. The lowest BCUT2D eigenvalue weighted by Crippen LogP contribution is -2.20. The first-order chi connectivity index (χ1) is 37.0. The SMILES string of the molecule is CC(C)(C)c1cc([C@@H]2c3c(OCc4ccccc4)cc(OCc4ccccc4)cc3[C@H]3[C@H](c4cc(C(C)(C)C)c(O)c(C(C)(C)C)c4)c4c(OCc5ccccc5)cc(OCc5ccccc5)cc4[C@@H]23)cc(C(C)(C)C)c1O. The van der Waals surface area contributed by atoms with E-state index in [1.54, 1.807) is 0 Å². The number of fused-ring (bicyclic) bond motifs is 5. The molecule has 2 N–H and O–H groups in total. The summed E-state index contributed by atoms with van der Waals surface area (Å²) >= 11 is 0. The van der Waals surface area contributed by atoms with Crippen molar-refractivity contribution >= 4 is 0 Å². The average Bonchev–Trinajstić information content (AvgIpc) is 3.83. The lowest BCUT2D eigenvalue weighted by molar-refractivity contribution is 0.286. The zero-order valence-electron chi connectivity index (χ0n) is 47.8. The van der Waals surface area contributed by atoms with E-state index in [4.69, 9.17) is 18.9 Å². The van der Waals surface area contributed by atoms with Crippen LogP contribution in [-0.4, -0.2) is 10.2 Å². The predicted octanol–water partition coefficient (Wildman–Crippen LogP) is 17.8. The summed E-state index contributed by atoms with van der Waals surface area (Å²) in [4.78, 5) is 0. The molecule has 8 aromatic rings. The Kier molecular flexibility index (Phi) is 14.6. The van der Waals surface area contributed by atoms with Crippen LogP contribution < -0.4 is 18.9 Å². The van der Waals surface area contributed by atoms with Crippen LogP contribution in [0.2, 0.25) is 0 Å². The van der Waals surface area contributed by atoms with Crippen molar-refractivity contribution in [2.24, 2.45) is 0 Å². The van der Waals surface area contributed by atoms with E-state index in [0.717, 1.165) is 101 Å². The lowest BCUT2D eigenvalue weighted by atomic mass is 9.73. The number of phenols is 2. The summed E-state index contributed by atoms with van der Waals surface area (Å²) < 4.78 is 28.3. The Hall–Kier alpha value is -7.44. The standard InChI is InChI=1S/C72H78O6/c1-69(2,3)55-33-49(34-56(67(55)73)70(4,5)6)61-63-53(37-51(75-41-45-25-17-13-18-26-45)39-59(63)77-43-47-29-21-15-22-30-47)66-62(50-35-57(71(7,8)9)68(74)58(36-50)72(10,11)12)64-54(65(61)66)38-52(76-42-46-27-19-14-20-28-46)40-60(64)78-44-48-31-23-16-24-32-48/h13-40,61-62,65-66,73-74H,41-44H2,1-12H3/t61-,62-,65+,66+/m1/s1. The molecule has 0 saturated heterocycles. The van der Waals surface area contributed by atoms with E-state index in [0.29, 0.717) is 37.9 Å². The van der Waals surface area contributed by atoms with Crippen LogP contribution in [0.5, 0.6) is 34.5 Å². The molecule has 0 aliphatic heterocycles. The van der Waals surface area contributed by atoms with E-state index in [9.17, 15) is 10.2 Å². The number of hydrogen-bond acceptors (Lipinski definition) is 6. The Labute approximate surface area is 464 Å². The van der Waals surface area contributed by atoms with Gasteiger partial charge in [0, 0.05) is 46.9 Å². The van der Waals surface area contributed by atoms with Gasteiger partial charge >= 0.3 is 0 Å². The van der Waals surface area contributed by atoms with Crippen LogP contribution in [0.4, 0.5) is 0 Å². The molecule has 0 unspecified atom stereocenters. The molecule has 0 amide bonds. The second kappa shape index (κ2) is 21.1. The van der Waals surface area contributed by atoms with Gasteiger partial charge in [-0.05, 0) is 101 Å². The highest BCUT2D eigenvalue weighted by Crippen LogP contribution is 2.70. The van der Waals surface area contributed by atoms with E-state index in [1.165, 1.54) is 0 Å². The maximum Gasteiger partial charge on any atom is 0.127 e. The Balaban J connectivity index is 1.31. The van der Waals surface area contributed by atoms with Crippen molar-refractivity contribution in [2.45, 2.75) is 155 Å². The number of rotatable bonds is 14. The van der Waals surface area contributed by atoms with E-state index >= 15 is 0 Å². The van der Waals surface area contributed by atoms with Gasteiger partial charge in [0.15, 0.2) is 0 Å². The molecule has 4 atom stereocenters. The molecule has 0 bridgehead atoms. The number of ether oxygens (including phenoxy) is 4. The average molecular weight is 1040 g/mol. The first-order valence-electron chi connectivity index (χ1n) is 27.8. The summed E-state index contributed by atoms with van der Waals surface area (Å²) in [5.74, 6) is 2.68. The maximum atomic E-state index is 12.4. The van der Waals surface area contributed by atoms with Gasteiger partial charge in [0.05, 0.1) is 0 Å². The minimum Gasteiger partial charge on any atom is -0.507 e. The molecule has 2 aliphatic carbocycles. The number of phenolic OH excluding ortho intramolecular Hbond substituents is 2. The minimum atomic E-state index is -0.394. The third-order valence-electron chi connectivity index (χ3n) is 15.9. The van der Waals surface area contributed by atoms with Crippen LogP contribution in [-0.2, 0) is 48.1 Å². The molecular formula is C72H78O6. The third kappa shape index (κ3) is 11.0. The molecule has 0 aromatic heterocycles. The summed E-state index contributed by atoms with van der Waals surface area (Å²) in [7, 11) is 0. The van der Waals surface area contributed by atoms with Crippen LogP contribution in [0.25, 0.3) is 0 Å². The molecule has 402 valence electrons. The summed E-state index contributed by atoms with van der Waals surface area (Å²) in [6, 6.07) is 59.2. The first kappa shape index (κ1) is 53.9. The third-order valence-corrected chi connectivity index (χ3v) is 15.9. The second-order valence-electron chi connectivity index (χ2n) is 25.9. The molecule has 8 aromatic carbocycles. The lowest BCUT2D eigenvalue weighted by Gasteiger charge is -2.31. The van der Waals surface area contributed by atoms with Gasteiger partial charge in [-0.1, -0.05) is 229 Å². The van der Waals surface area contributed by atoms with Gasteiger partial charge in [0.1, 0.15) is 60.9 Å². The maximum absolute atomic E-state index is 12.4. The smallest absolute Gasteiger partial charge is 0.127 e. The normalized spacial score (nSPS) is 17.0. The van der Waals surface area contributed by atoms with Gasteiger partial charge in [0.2, 0.25) is 0 Å². The summed E-state index contributed by atoms with van der Waals surface area (Å²) in [5, 5.41) is 24.8. The van der Waals surface area contributed by atoms with Gasteiger partial charge in [-0.15, -0.1) is 0 Å². The van der Waals surface area contributed by atoms with Crippen LogP contribution >= 0.6 is 0 Å².